The Hall–Kier alpha value is -3.00. The minimum Gasteiger partial charge on any atom is -0.496 e. The zero-order chi connectivity index (χ0) is 18.4. The Morgan fingerprint density at radius 2 is 1.72 bits per heavy atom. The third kappa shape index (κ3) is 4.98. The van der Waals surface area contributed by atoms with Crippen molar-refractivity contribution in [1.82, 2.24) is 0 Å². The first-order valence-corrected chi connectivity index (χ1v) is 7.40. The number of methoxy groups -OCH3 is 2. The fourth-order valence-corrected chi connectivity index (χ4v) is 2.13. The number of hydrogen-bond acceptors (Lipinski definition) is 6. The highest BCUT2D eigenvalue weighted by molar-refractivity contribution is 6.32. The first-order valence-electron chi connectivity index (χ1n) is 7.02. The van der Waals surface area contributed by atoms with Gasteiger partial charge in [-0.25, -0.2) is 0 Å². The Morgan fingerprint density at radius 1 is 1.12 bits per heavy atom. The van der Waals surface area contributed by atoms with E-state index in [1.807, 2.05) is 0 Å². The van der Waals surface area contributed by atoms with E-state index in [9.17, 15) is 14.9 Å². The monoisotopic (exact) mass is 366 g/mol. The highest BCUT2D eigenvalue weighted by Crippen LogP contribution is 2.28. The minimum absolute atomic E-state index is 0.0114. The summed E-state index contributed by atoms with van der Waals surface area (Å²) in [5, 5.41) is 13.3. The first-order chi connectivity index (χ1) is 11.9. The van der Waals surface area contributed by atoms with Crippen molar-refractivity contribution in [2.24, 2.45) is 0 Å². The number of nitrogens with zero attached hydrogens (tertiary/aromatic N) is 1. The Morgan fingerprint density at radius 3 is 2.28 bits per heavy atom. The summed E-state index contributed by atoms with van der Waals surface area (Å²) in [5.41, 5.74) is -0.0501. The number of amides is 1. The van der Waals surface area contributed by atoms with Crippen molar-refractivity contribution in [2.75, 3.05) is 26.1 Å². The molecule has 0 aliphatic carbocycles. The molecular formula is C16H15ClN2O6. The largest absolute Gasteiger partial charge is 0.496 e. The van der Waals surface area contributed by atoms with Crippen molar-refractivity contribution in [2.45, 2.75) is 0 Å². The van der Waals surface area contributed by atoms with Crippen LogP contribution in [0.3, 0.4) is 0 Å². The Balaban J connectivity index is 2.02. The van der Waals surface area contributed by atoms with Crippen LogP contribution >= 0.6 is 11.6 Å². The molecule has 2 aromatic rings. The average molecular weight is 367 g/mol. The Kier molecular flexibility index (Phi) is 6.02. The molecule has 0 spiro atoms. The van der Waals surface area contributed by atoms with Gasteiger partial charge in [0.25, 0.3) is 11.6 Å². The number of carbonyl (C=O) groups excluding carboxylic acids is 1. The molecule has 2 aromatic carbocycles. The molecule has 0 aromatic heterocycles. The van der Waals surface area contributed by atoms with E-state index in [1.165, 1.54) is 32.4 Å². The average Bonchev–Trinajstić information content (AvgIpc) is 2.61. The van der Waals surface area contributed by atoms with E-state index in [1.54, 1.807) is 18.2 Å². The van der Waals surface area contributed by atoms with Gasteiger partial charge in [0.2, 0.25) is 0 Å². The molecule has 0 unspecified atom stereocenters. The number of nitrogens with one attached hydrogen (secondary N) is 1. The van der Waals surface area contributed by atoms with Crippen molar-refractivity contribution in [3.8, 4) is 17.2 Å². The Labute approximate surface area is 148 Å². The standard InChI is InChI=1S/C16H15ClN2O6/c1-23-11-6-12(24-2)8-13(7-11)25-9-16(20)18-10-3-4-14(17)15(5-10)19(21)22/h3-8H,9H2,1-2H3,(H,18,20). The van der Waals surface area contributed by atoms with Crippen molar-refractivity contribution in [1.29, 1.82) is 0 Å². The number of nitro groups is 1. The van der Waals surface area contributed by atoms with Gasteiger partial charge in [-0.1, -0.05) is 11.6 Å². The lowest BCUT2D eigenvalue weighted by molar-refractivity contribution is -0.384. The number of carbonyl (C=O) groups is 1. The van der Waals surface area contributed by atoms with Gasteiger partial charge < -0.3 is 19.5 Å². The van der Waals surface area contributed by atoms with Crippen LogP contribution in [0.15, 0.2) is 36.4 Å². The second kappa shape index (κ2) is 8.20. The van der Waals surface area contributed by atoms with Crippen molar-refractivity contribution < 1.29 is 23.9 Å². The van der Waals surface area contributed by atoms with Gasteiger partial charge >= 0.3 is 0 Å². The molecule has 0 atom stereocenters. The van der Waals surface area contributed by atoms with Gasteiger partial charge in [-0.2, -0.15) is 0 Å². The van der Waals surface area contributed by atoms with E-state index >= 15 is 0 Å². The topological polar surface area (TPSA) is 99.9 Å². The molecule has 0 aliphatic heterocycles. The molecule has 0 heterocycles. The number of halogens is 1. The summed E-state index contributed by atoms with van der Waals surface area (Å²) in [6, 6.07) is 8.84. The fourth-order valence-electron chi connectivity index (χ4n) is 1.94. The fraction of sp³-hybridized carbons (Fsp3) is 0.188. The molecule has 0 saturated carbocycles. The minimum atomic E-state index is -0.628. The molecule has 0 fully saturated rings. The molecule has 1 N–H and O–H groups in total. The van der Waals surface area contributed by atoms with Crippen LogP contribution < -0.4 is 19.5 Å². The number of hydrogen-bond donors (Lipinski definition) is 1. The van der Waals surface area contributed by atoms with Crippen LogP contribution in [0.4, 0.5) is 11.4 Å². The van der Waals surface area contributed by atoms with Gasteiger partial charge in [0.1, 0.15) is 22.3 Å². The summed E-state index contributed by atoms with van der Waals surface area (Å²) in [4.78, 5) is 22.2. The zero-order valence-corrected chi connectivity index (χ0v) is 14.2. The molecule has 132 valence electrons. The molecule has 0 saturated heterocycles. The molecule has 0 radical (unpaired) electrons. The number of ether oxygens (including phenoxy) is 3. The third-order valence-electron chi connectivity index (χ3n) is 3.12. The van der Waals surface area contributed by atoms with Gasteiger partial charge in [0.15, 0.2) is 6.61 Å². The van der Waals surface area contributed by atoms with Gasteiger partial charge in [0.05, 0.1) is 19.1 Å². The van der Waals surface area contributed by atoms with Gasteiger partial charge in [-0.05, 0) is 12.1 Å². The quantitative estimate of drug-likeness (QED) is 0.596. The molecule has 25 heavy (non-hydrogen) atoms. The summed E-state index contributed by atoms with van der Waals surface area (Å²) < 4.78 is 15.6. The summed E-state index contributed by atoms with van der Waals surface area (Å²) in [6.45, 7) is -0.299. The van der Waals surface area contributed by atoms with Crippen LogP contribution in [0.2, 0.25) is 5.02 Å². The van der Waals surface area contributed by atoms with E-state index in [-0.39, 0.29) is 23.0 Å². The summed E-state index contributed by atoms with van der Waals surface area (Å²) in [5.74, 6) is 0.929. The molecule has 1 amide bonds. The number of benzene rings is 2. The Bertz CT molecular complexity index is 774. The molecule has 8 nitrogen and oxygen atoms in total. The van der Waals surface area contributed by atoms with Crippen LogP contribution in [0.25, 0.3) is 0 Å². The molecule has 2 rings (SSSR count). The SMILES string of the molecule is COc1cc(OC)cc(OCC(=O)Nc2ccc(Cl)c([N+](=O)[O-])c2)c1. The van der Waals surface area contributed by atoms with Crippen molar-refractivity contribution in [3.63, 3.8) is 0 Å². The lowest BCUT2D eigenvalue weighted by atomic mass is 10.3. The molecule has 0 aliphatic rings. The number of nitro benzene ring substituents is 1. The third-order valence-corrected chi connectivity index (χ3v) is 3.44. The van der Waals surface area contributed by atoms with E-state index in [4.69, 9.17) is 25.8 Å². The number of anilines is 1. The highest BCUT2D eigenvalue weighted by Gasteiger charge is 2.14. The second-order valence-electron chi connectivity index (χ2n) is 4.81. The van der Waals surface area contributed by atoms with Crippen molar-refractivity contribution in [3.05, 3.63) is 51.5 Å². The first kappa shape index (κ1) is 18.3. The van der Waals surface area contributed by atoms with E-state index in [0.717, 1.165) is 0 Å². The predicted molar refractivity (Wildman–Crippen MR) is 91.8 cm³/mol. The van der Waals surface area contributed by atoms with Crippen LogP contribution in [0.5, 0.6) is 17.2 Å². The number of rotatable bonds is 7. The summed E-state index contributed by atoms with van der Waals surface area (Å²) >= 11 is 5.72. The lowest BCUT2D eigenvalue weighted by Gasteiger charge is -2.10. The zero-order valence-electron chi connectivity index (χ0n) is 13.4. The van der Waals surface area contributed by atoms with Crippen LogP contribution in [-0.4, -0.2) is 31.7 Å². The lowest BCUT2D eigenvalue weighted by Crippen LogP contribution is -2.20. The van der Waals surface area contributed by atoms with E-state index in [2.05, 4.69) is 5.32 Å². The summed E-state index contributed by atoms with van der Waals surface area (Å²) in [7, 11) is 3.00. The van der Waals surface area contributed by atoms with Crippen LogP contribution in [-0.2, 0) is 4.79 Å². The normalized spacial score (nSPS) is 10.0. The summed E-state index contributed by atoms with van der Waals surface area (Å²) in [6.07, 6.45) is 0. The predicted octanol–water partition coefficient (Wildman–Crippen LogP) is 3.28. The smallest absolute Gasteiger partial charge is 0.289 e. The molecule has 9 heteroatoms. The van der Waals surface area contributed by atoms with E-state index < -0.39 is 10.8 Å². The van der Waals surface area contributed by atoms with Crippen molar-refractivity contribution >= 4 is 28.9 Å². The molecular weight excluding hydrogens is 352 g/mol. The van der Waals surface area contributed by atoms with E-state index in [0.29, 0.717) is 17.2 Å². The molecule has 0 bridgehead atoms. The van der Waals surface area contributed by atoms with Crippen LogP contribution in [0.1, 0.15) is 0 Å². The maximum absolute atomic E-state index is 12.0. The highest BCUT2D eigenvalue weighted by atomic mass is 35.5. The van der Waals surface area contributed by atoms with Crippen LogP contribution in [0, 0.1) is 10.1 Å². The maximum atomic E-state index is 12.0. The second-order valence-corrected chi connectivity index (χ2v) is 5.22. The maximum Gasteiger partial charge on any atom is 0.289 e. The van der Waals surface area contributed by atoms with Gasteiger partial charge in [-0.3, -0.25) is 14.9 Å². The van der Waals surface area contributed by atoms with Gasteiger partial charge in [0, 0.05) is 30.0 Å². The van der Waals surface area contributed by atoms with Gasteiger partial charge in [-0.15, -0.1) is 0 Å².